The van der Waals surface area contributed by atoms with Crippen LogP contribution in [0.25, 0.3) is 22.3 Å². The Kier molecular flexibility index (Phi) is 10.7. The van der Waals surface area contributed by atoms with Gasteiger partial charge >= 0.3 is 12.1 Å². The molecule has 7 rings (SSSR count). The molecule has 2 aliphatic heterocycles. The number of nitrogens with one attached hydrogen (secondary N) is 3. The first-order valence-electron chi connectivity index (χ1n) is 18.5. The lowest BCUT2D eigenvalue weighted by molar-refractivity contribution is -0.145. The smallest absolute Gasteiger partial charge is 0.408 e. The SMILES string of the molecule is CNc1nc(-c2cc(O[C@@H]3C[C@H]4C(=O)N[C@]5(C(=O)O)CC5C=CCCCCC[C@H](NC(=O)OC5CCCC5)C(=O)N4C3)c3ccc(OC)cc3n2)cs1. The van der Waals surface area contributed by atoms with E-state index in [4.69, 9.17) is 19.2 Å². The Morgan fingerprint density at radius 1 is 1.04 bits per heavy atom. The molecule has 0 bridgehead atoms. The minimum atomic E-state index is -1.45. The standard InChI is InChI=1S/C38H46N6O8S/c1-39-36-41-30(21-53-36)29-18-32(26-15-14-24(50-2)16-28(26)40-29)51-25-17-31-33(45)43-38(35(47)48)19-22(38)10-6-4-3-5-7-13-27(34(46)44(31)20-25)42-37(49)52-23-11-8-9-12-23/h6,10,14-16,18,21-23,25,27,31H,3-5,7-9,11-13,17,19-20H2,1-2H3,(H,39,41)(H,42,49)(H,43,45)(H,47,48)/t22?,25-,27+,31+,38-/m1/s1. The molecule has 1 saturated heterocycles. The predicted molar refractivity (Wildman–Crippen MR) is 198 cm³/mol. The Balaban J connectivity index is 1.20. The molecule has 0 spiro atoms. The van der Waals surface area contributed by atoms with Crippen molar-refractivity contribution in [2.24, 2.45) is 5.92 Å². The first-order chi connectivity index (χ1) is 25.7. The molecule has 2 aliphatic carbocycles. The van der Waals surface area contributed by atoms with E-state index >= 15 is 0 Å². The van der Waals surface area contributed by atoms with Crippen molar-refractivity contribution in [1.29, 1.82) is 0 Å². The number of anilines is 1. The zero-order chi connectivity index (χ0) is 37.1. The van der Waals surface area contributed by atoms with Gasteiger partial charge in [-0.2, -0.15) is 0 Å². The van der Waals surface area contributed by atoms with Crippen molar-refractivity contribution in [3.63, 3.8) is 0 Å². The Bertz CT molecular complexity index is 1890. The van der Waals surface area contributed by atoms with E-state index in [0.29, 0.717) is 46.6 Å². The summed E-state index contributed by atoms with van der Waals surface area (Å²) in [6.45, 7) is 0.0338. The van der Waals surface area contributed by atoms with Crippen LogP contribution in [0, 0.1) is 5.92 Å². The fourth-order valence-electron chi connectivity index (χ4n) is 7.70. The number of carboxylic acid groups (broad SMARTS) is 1. The van der Waals surface area contributed by atoms with Gasteiger partial charge in [0.15, 0.2) is 5.13 Å². The molecule has 2 saturated carbocycles. The van der Waals surface area contributed by atoms with Crippen LogP contribution >= 0.6 is 11.3 Å². The highest BCUT2D eigenvalue weighted by Crippen LogP contribution is 2.45. The van der Waals surface area contributed by atoms with E-state index < -0.39 is 47.6 Å². The highest BCUT2D eigenvalue weighted by molar-refractivity contribution is 7.14. The summed E-state index contributed by atoms with van der Waals surface area (Å²) in [6, 6.07) is 5.27. The zero-order valence-electron chi connectivity index (χ0n) is 30.0. The third kappa shape index (κ3) is 7.90. The van der Waals surface area contributed by atoms with Gasteiger partial charge in [0, 0.05) is 42.3 Å². The average Bonchev–Trinajstić information content (AvgIpc) is 3.60. The summed E-state index contributed by atoms with van der Waals surface area (Å²) >= 11 is 1.44. The number of carbonyl (C=O) groups excluding carboxylic acids is 3. The number of aromatic nitrogens is 2. The van der Waals surface area contributed by atoms with Gasteiger partial charge in [-0.15, -0.1) is 11.3 Å². The minimum Gasteiger partial charge on any atom is -0.497 e. The van der Waals surface area contributed by atoms with E-state index in [1.54, 1.807) is 32.4 Å². The van der Waals surface area contributed by atoms with Gasteiger partial charge in [-0.1, -0.05) is 25.0 Å². The molecule has 53 heavy (non-hydrogen) atoms. The maximum absolute atomic E-state index is 14.5. The summed E-state index contributed by atoms with van der Waals surface area (Å²) in [6.07, 6.45) is 9.72. The molecule has 0 radical (unpaired) electrons. The first-order valence-corrected chi connectivity index (χ1v) is 19.3. The number of ether oxygens (including phenoxy) is 3. The van der Waals surface area contributed by atoms with Gasteiger partial charge < -0.3 is 40.2 Å². The lowest BCUT2D eigenvalue weighted by Gasteiger charge is -2.29. The third-order valence-corrected chi connectivity index (χ3v) is 11.6. The highest BCUT2D eigenvalue weighted by atomic mass is 32.1. The largest absolute Gasteiger partial charge is 0.497 e. The topological polar surface area (TPSA) is 181 Å². The van der Waals surface area contributed by atoms with E-state index in [9.17, 15) is 24.3 Å². The maximum Gasteiger partial charge on any atom is 0.408 e. The summed E-state index contributed by atoms with van der Waals surface area (Å²) in [5, 5.41) is 22.2. The number of hydrogen-bond donors (Lipinski definition) is 4. The van der Waals surface area contributed by atoms with E-state index in [0.717, 1.165) is 50.1 Å². The van der Waals surface area contributed by atoms with Gasteiger partial charge in [0.1, 0.15) is 47.0 Å². The number of rotatable bonds is 8. The quantitative estimate of drug-likeness (QED) is 0.221. The predicted octanol–water partition coefficient (Wildman–Crippen LogP) is 5.27. The fraction of sp³-hybridized carbons (Fsp3) is 0.526. The van der Waals surface area contributed by atoms with Crippen molar-refractivity contribution in [2.45, 2.75) is 100 Å². The maximum atomic E-state index is 14.5. The number of pyridine rings is 1. The van der Waals surface area contributed by atoms with E-state index in [2.05, 4.69) is 20.9 Å². The van der Waals surface area contributed by atoms with Gasteiger partial charge in [-0.3, -0.25) is 9.59 Å². The monoisotopic (exact) mass is 746 g/mol. The van der Waals surface area contributed by atoms with Crippen LogP contribution in [0.15, 0.2) is 41.8 Å². The molecule has 3 amide bonds. The Morgan fingerprint density at radius 3 is 2.60 bits per heavy atom. The van der Waals surface area contributed by atoms with Crippen LogP contribution < -0.4 is 25.4 Å². The van der Waals surface area contributed by atoms with Crippen LogP contribution in [-0.4, -0.2) is 94.4 Å². The molecule has 1 unspecified atom stereocenters. The summed E-state index contributed by atoms with van der Waals surface area (Å²) < 4.78 is 17.8. The van der Waals surface area contributed by atoms with Crippen LogP contribution in [0.4, 0.5) is 9.93 Å². The normalized spacial score (nSPS) is 26.5. The van der Waals surface area contributed by atoms with E-state index in [-0.39, 0.29) is 31.4 Å². The molecular weight excluding hydrogens is 701 g/mol. The number of carboxylic acids is 1. The number of benzene rings is 1. The molecule has 14 nitrogen and oxygen atoms in total. The van der Waals surface area contributed by atoms with Crippen LogP contribution in [0.3, 0.4) is 0 Å². The molecule has 2 aromatic heterocycles. The number of amides is 3. The number of carbonyl (C=O) groups is 4. The molecule has 1 aromatic carbocycles. The summed E-state index contributed by atoms with van der Waals surface area (Å²) in [5.74, 6) is -1.37. The van der Waals surface area contributed by atoms with Crippen molar-refractivity contribution >= 4 is 51.2 Å². The number of alkyl carbamates (subject to hydrolysis) is 1. The molecule has 4 aliphatic rings. The van der Waals surface area contributed by atoms with Crippen LogP contribution in [0.2, 0.25) is 0 Å². The van der Waals surface area contributed by atoms with E-state index in [1.165, 1.54) is 16.2 Å². The summed E-state index contributed by atoms with van der Waals surface area (Å²) in [7, 11) is 3.37. The number of nitrogens with zero attached hydrogens (tertiary/aromatic N) is 3. The van der Waals surface area contributed by atoms with Gasteiger partial charge in [-0.05, 0) is 63.5 Å². The Labute approximate surface area is 311 Å². The van der Waals surface area contributed by atoms with Crippen LogP contribution in [-0.2, 0) is 19.1 Å². The molecule has 4 heterocycles. The molecule has 4 N–H and O–H groups in total. The number of methoxy groups -OCH3 is 1. The third-order valence-electron chi connectivity index (χ3n) is 10.7. The highest BCUT2D eigenvalue weighted by Gasteiger charge is 2.61. The van der Waals surface area contributed by atoms with Gasteiger partial charge in [-0.25, -0.2) is 19.6 Å². The second-order valence-corrected chi connectivity index (χ2v) is 15.2. The lowest BCUT2D eigenvalue weighted by atomic mass is 10.0. The lowest BCUT2D eigenvalue weighted by Crippen LogP contribution is -2.56. The van der Waals surface area contributed by atoms with E-state index in [1.807, 2.05) is 23.6 Å². The van der Waals surface area contributed by atoms with Gasteiger partial charge in [0.25, 0.3) is 0 Å². The number of hydrogen-bond acceptors (Lipinski definition) is 11. The van der Waals surface area contributed by atoms with Gasteiger partial charge in [0.05, 0.1) is 24.9 Å². The minimum absolute atomic E-state index is 0.0338. The Hall–Kier alpha value is -4.92. The molecule has 282 valence electrons. The first kappa shape index (κ1) is 36.4. The van der Waals surface area contributed by atoms with Gasteiger partial charge in [0.2, 0.25) is 11.8 Å². The summed E-state index contributed by atoms with van der Waals surface area (Å²) in [4.78, 5) is 65.2. The number of allylic oxidation sites excluding steroid dienone is 1. The Morgan fingerprint density at radius 2 is 1.85 bits per heavy atom. The number of thiazole rings is 1. The summed E-state index contributed by atoms with van der Waals surface area (Å²) in [5.41, 5.74) is 0.382. The average molecular weight is 747 g/mol. The van der Waals surface area contributed by atoms with Crippen LogP contribution in [0.5, 0.6) is 11.5 Å². The van der Waals surface area contributed by atoms with Crippen LogP contribution in [0.1, 0.15) is 70.6 Å². The molecule has 3 aromatic rings. The molecule has 5 atom stereocenters. The molecule has 3 fully saturated rings. The zero-order valence-corrected chi connectivity index (χ0v) is 30.8. The molecular formula is C38H46N6O8S. The number of fused-ring (bicyclic) bond motifs is 3. The second kappa shape index (κ2) is 15.6. The second-order valence-electron chi connectivity index (χ2n) is 14.3. The van der Waals surface area contributed by atoms with Crippen molar-refractivity contribution in [3.8, 4) is 22.9 Å². The molecule has 15 heteroatoms. The van der Waals surface area contributed by atoms with Crippen molar-refractivity contribution in [3.05, 3.63) is 41.8 Å². The van der Waals surface area contributed by atoms with Crippen molar-refractivity contribution in [2.75, 3.05) is 26.0 Å². The number of aliphatic carboxylic acids is 1. The fourth-order valence-corrected chi connectivity index (χ4v) is 8.36. The van der Waals surface area contributed by atoms with Crippen molar-refractivity contribution < 1.29 is 38.5 Å². The van der Waals surface area contributed by atoms with Crippen molar-refractivity contribution in [1.82, 2.24) is 25.5 Å².